The Morgan fingerprint density at radius 3 is 2.93 bits per heavy atom. The second kappa shape index (κ2) is 6.78. The van der Waals surface area contributed by atoms with Gasteiger partial charge in [-0.3, -0.25) is 14.6 Å². The van der Waals surface area contributed by atoms with Crippen molar-refractivity contribution >= 4 is 5.91 Å². The molecule has 0 unspecified atom stereocenters. The minimum absolute atomic E-state index is 0.0220. The number of H-pyrrole nitrogens is 2. The summed E-state index contributed by atoms with van der Waals surface area (Å²) in [5.74, 6) is 1.35. The molecule has 0 aliphatic carbocycles. The van der Waals surface area contributed by atoms with E-state index in [0.717, 1.165) is 0 Å². The summed E-state index contributed by atoms with van der Waals surface area (Å²) in [5.41, 5.74) is -0.448. The zero-order chi connectivity index (χ0) is 18.8. The van der Waals surface area contributed by atoms with Crippen molar-refractivity contribution in [3.8, 4) is 23.0 Å². The first-order valence-electron chi connectivity index (χ1n) is 7.89. The van der Waals surface area contributed by atoms with Crippen molar-refractivity contribution in [3.05, 3.63) is 56.6 Å². The van der Waals surface area contributed by atoms with Gasteiger partial charge in [0.25, 0.3) is 11.4 Å². The van der Waals surface area contributed by atoms with Gasteiger partial charge in [-0.15, -0.1) is 0 Å². The highest BCUT2D eigenvalue weighted by atomic mass is 16.7. The van der Waals surface area contributed by atoms with Crippen LogP contribution in [0.1, 0.15) is 11.4 Å². The Morgan fingerprint density at radius 2 is 2.07 bits per heavy atom. The largest absolute Gasteiger partial charge is 0.454 e. The first-order valence-corrected chi connectivity index (χ1v) is 7.89. The lowest BCUT2D eigenvalue weighted by Gasteiger charge is -2.01. The van der Waals surface area contributed by atoms with E-state index in [1.807, 2.05) is 0 Å². The molecule has 0 bridgehead atoms. The molecule has 1 amide bonds. The van der Waals surface area contributed by atoms with E-state index >= 15 is 0 Å². The molecule has 0 spiro atoms. The van der Waals surface area contributed by atoms with Gasteiger partial charge in [0.1, 0.15) is 0 Å². The van der Waals surface area contributed by atoms with Crippen LogP contribution < -0.4 is 26.0 Å². The number of rotatable bonds is 5. The predicted molar refractivity (Wildman–Crippen MR) is 89.1 cm³/mol. The molecular formula is C16H13N5O6. The van der Waals surface area contributed by atoms with Crippen LogP contribution in [0, 0.1) is 0 Å². The molecule has 138 valence electrons. The molecule has 1 aliphatic rings. The van der Waals surface area contributed by atoms with Gasteiger partial charge in [-0.2, -0.15) is 4.98 Å². The maximum absolute atomic E-state index is 12.0. The van der Waals surface area contributed by atoms with E-state index in [9.17, 15) is 14.4 Å². The summed E-state index contributed by atoms with van der Waals surface area (Å²) in [6.07, 6.45) is 1.01. The van der Waals surface area contributed by atoms with E-state index in [0.29, 0.717) is 17.1 Å². The fraction of sp³-hybridized carbons (Fsp3) is 0.188. The Bertz CT molecular complexity index is 1110. The standard InChI is InChI=1S/C16H13N5O6/c22-13(4-9-5-18-16(24)20-14(9)23)17-6-12-19-15(27-21-12)8-1-2-10-11(3-8)26-7-25-10/h1-3,5H,4,6-7H2,(H,17,22)(H2,18,20,23,24). The monoisotopic (exact) mass is 371 g/mol. The number of hydrogen-bond donors (Lipinski definition) is 3. The first-order chi connectivity index (χ1) is 13.1. The molecule has 1 aromatic carbocycles. The molecule has 0 radical (unpaired) electrons. The highest BCUT2D eigenvalue weighted by Crippen LogP contribution is 2.35. The minimum atomic E-state index is -0.632. The predicted octanol–water partition coefficient (Wildman–Crippen LogP) is -0.299. The normalized spacial score (nSPS) is 12.1. The lowest BCUT2D eigenvalue weighted by atomic mass is 10.2. The second-order valence-electron chi connectivity index (χ2n) is 5.63. The molecule has 0 saturated heterocycles. The fourth-order valence-electron chi connectivity index (χ4n) is 2.45. The summed E-state index contributed by atoms with van der Waals surface area (Å²) in [6.45, 7) is 0.187. The Hall–Kier alpha value is -3.89. The number of benzene rings is 1. The molecule has 0 saturated carbocycles. The molecule has 2 aromatic heterocycles. The lowest BCUT2D eigenvalue weighted by Crippen LogP contribution is -2.30. The minimum Gasteiger partial charge on any atom is -0.454 e. The first kappa shape index (κ1) is 16.6. The molecule has 11 nitrogen and oxygen atoms in total. The molecule has 3 heterocycles. The third-order valence-electron chi connectivity index (χ3n) is 3.78. The number of nitrogens with one attached hydrogen (secondary N) is 3. The summed E-state index contributed by atoms with van der Waals surface area (Å²) < 4.78 is 15.7. The molecule has 0 atom stereocenters. The van der Waals surface area contributed by atoms with Gasteiger partial charge in [-0.1, -0.05) is 5.16 Å². The number of aromatic amines is 2. The van der Waals surface area contributed by atoms with Crippen LogP contribution in [0.15, 0.2) is 38.5 Å². The number of hydrogen-bond acceptors (Lipinski definition) is 8. The van der Waals surface area contributed by atoms with E-state index < -0.39 is 17.2 Å². The molecule has 27 heavy (non-hydrogen) atoms. The van der Waals surface area contributed by atoms with Crippen molar-refractivity contribution in [3.63, 3.8) is 0 Å². The number of nitrogens with zero attached hydrogens (tertiary/aromatic N) is 2. The van der Waals surface area contributed by atoms with Crippen LogP contribution in [0.3, 0.4) is 0 Å². The topological polar surface area (TPSA) is 152 Å². The van der Waals surface area contributed by atoms with Crippen molar-refractivity contribution in [1.29, 1.82) is 0 Å². The lowest BCUT2D eigenvalue weighted by molar-refractivity contribution is -0.120. The van der Waals surface area contributed by atoms with Crippen LogP contribution in [0.5, 0.6) is 11.5 Å². The molecule has 1 aliphatic heterocycles. The average Bonchev–Trinajstić information content (AvgIpc) is 3.30. The Balaban J connectivity index is 1.39. The smallest absolute Gasteiger partial charge is 0.325 e. The molecule has 3 aromatic rings. The molecule has 0 fully saturated rings. The summed E-state index contributed by atoms with van der Waals surface area (Å²) in [6, 6.07) is 5.22. The molecular weight excluding hydrogens is 358 g/mol. The summed E-state index contributed by atoms with van der Waals surface area (Å²) in [4.78, 5) is 43.1. The maximum atomic E-state index is 12.0. The van der Waals surface area contributed by atoms with Gasteiger partial charge in [0.15, 0.2) is 17.3 Å². The zero-order valence-electron chi connectivity index (χ0n) is 13.8. The van der Waals surface area contributed by atoms with Gasteiger partial charge in [-0.25, -0.2) is 4.79 Å². The quantitative estimate of drug-likeness (QED) is 0.553. The van der Waals surface area contributed by atoms with Crippen LogP contribution in [0.2, 0.25) is 0 Å². The van der Waals surface area contributed by atoms with Crippen molar-refractivity contribution < 1.29 is 18.8 Å². The zero-order valence-corrected chi connectivity index (χ0v) is 13.8. The number of aromatic nitrogens is 4. The third kappa shape index (κ3) is 3.56. The third-order valence-corrected chi connectivity index (χ3v) is 3.78. The molecule has 4 rings (SSSR count). The number of ether oxygens (including phenoxy) is 2. The summed E-state index contributed by atoms with van der Waals surface area (Å²) >= 11 is 0. The van der Waals surface area contributed by atoms with E-state index in [1.54, 1.807) is 18.2 Å². The SMILES string of the molecule is O=C(Cc1c[nH]c(=O)[nH]c1=O)NCc1noc(-c2ccc3c(c2)OCO3)n1. The maximum Gasteiger partial charge on any atom is 0.325 e. The van der Waals surface area contributed by atoms with Crippen LogP contribution >= 0.6 is 0 Å². The van der Waals surface area contributed by atoms with Crippen molar-refractivity contribution in [2.45, 2.75) is 13.0 Å². The van der Waals surface area contributed by atoms with Gasteiger partial charge in [0, 0.05) is 17.3 Å². The average molecular weight is 371 g/mol. The summed E-state index contributed by atoms with van der Waals surface area (Å²) in [5, 5.41) is 6.39. The van der Waals surface area contributed by atoms with E-state index in [4.69, 9.17) is 14.0 Å². The Morgan fingerprint density at radius 1 is 1.22 bits per heavy atom. The van der Waals surface area contributed by atoms with Crippen molar-refractivity contribution in [2.24, 2.45) is 0 Å². The number of fused-ring (bicyclic) bond motifs is 1. The van der Waals surface area contributed by atoms with Crippen molar-refractivity contribution in [2.75, 3.05) is 6.79 Å². The van der Waals surface area contributed by atoms with E-state index in [1.165, 1.54) is 6.20 Å². The summed E-state index contributed by atoms with van der Waals surface area (Å²) in [7, 11) is 0. The number of carbonyl (C=O) groups excluding carboxylic acids is 1. The number of carbonyl (C=O) groups is 1. The van der Waals surface area contributed by atoms with Crippen LogP contribution in [0.4, 0.5) is 0 Å². The van der Waals surface area contributed by atoms with Crippen LogP contribution in [-0.2, 0) is 17.8 Å². The van der Waals surface area contributed by atoms with E-state index in [2.05, 4.69) is 25.4 Å². The van der Waals surface area contributed by atoms with Crippen LogP contribution in [0.25, 0.3) is 11.5 Å². The van der Waals surface area contributed by atoms with Gasteiger partial charge < -0.3 is 24.3 Å². The van der Waals surface area contributed by atoms with Gasteiger partial charge >= 0.3 is 5.69 Å². The molecule has 3 N–H and O–H groups in total. The Labute approximate surface area is 150 Å². The molecule has 11 heteroatoms. The second-order valence-corrected chi connectivity index (χ2v) is 5.63. The number of amides is 1. The fourth-order valence-corrected chi connectivity index (χ4v) is 2.45. The van der Waals surface area contributed by atoms with Crippen LogP contribution in [-0.4, -0.2) is 32.8 Å². The Kier molecular flexibility index (Phi) is 4.16. The van der Waals surface area contributed by atoms with Gasteiger partial charge in [0.05, 0.1) is 13.0 Å². The van der Waals surface area contributed by atoms with E-state index in [-0.39, 0.29) is 37.0 Å². The highest BCUT2D eigenvalue weighted by Gasteiger charge is 2.17. The van der Waals surface area contributed by atoms with Gasteiger partial charge in [-0.05, 0) is 18.2 Å². The highest BCUT2D eigenvalue weighted by molar-refractivity contribution is 5.78. The van der Waals surface area contributed by atoms with Gasteiger partial charge in [0.2, 0.25) is 12.7 Å². The van der Waals surface area contributed by atoms with Crippen molar-refractivity contribution in [1.82, 2.24) is 25.4 Å².